The summed E-state index contributed by atoms with van der Waals surface area (Å²) < 4.78 is 23.6. The molecule has 0 saturated heterocycles. The van der Waals surface area contributed by atoms with Crippen molar-refractivity contribution in [3.05, 3.63) is 75.4 Å². The number of ether oxygens (including phenoxy) is 1. The van der Waals surface area contributed by atoms with E-state index in [9.17, 15) is 14.0 Å². The first-order valence-corrected chi connectivity index (χ1v) is 8.97. The van der Waals surface area contributed by atoms with Gasteiger partial charge in [0, 0.05) is 37.0 Å². The molecule has 28 heavy (non-hydrogen) atoms. The van der Waals surface area contributed by atoms with Gasteiger partial charge in [-0.3, -0.25) is 4.79 Å². The number of aryl methyl sites for hydroxylation is 1. The molecule has 0 aliphatic carbocycles. The number of carbonyl (C=O) groups excluding carboxylic acids is 1. The molecular formula is C22H22FNO4. The Kier molecular flexibility index (Phi) is 5.78. The number of carbonyl (C=O) groups is 1. The van der Waals surface area contributed by atoms with E-state index in [1.807, 2.05) is 13.0 Å². The molecular weight excluding hydrogens is 361 g/mol. The smallest absolute Gasteiger partial charge is 0.339 e. The zero-order valence-electron chi connectivity index (χ0n) is 16.1. The molecule has 1 aromatic heterocycles. The van der Waals surface area contributed by atoms with Crippen molar-refractivity contribution in [1.29, 1.82) is 0 Å². The van der Waals surface area contributed by atoms with Gasteiger partial charge in [-0.15, -0.1) is 0 Å². The van der Waals surface area contributed by atoms with Crippen LogP contribution in [0, 0.1) is 12.7 Å². The largest absolute Gasteiger partial charge is 0.497 e. The second kappa shape index (κ2) is 8.25. The van der Waals surface area contributed by atoms with Crippen molar-refractivity contribution in [2.45, 2.75) is 26.3 Å². The minimum atomic E-state index is -0.438. The molecule has 0 aliphatic heterocycles. The number of amides is 1. The fourth-order valence-corrected chi connectivity index (χ4v) is 3.17. The molecule has 2 aromatic carbocycles. The molecule has 3 rings (SSSR count). The molecule has 0 atom stereocenters. The molecule has 0 aliphatic rings. The molecule has 0 N–H and O–H groups in total. The van der Waals surface area contributed by atoms with Gasteiger partial charge in [-0.25, -0.2) is 9.18 Å². The number of rotatable bonds is 6. The first kappa shape index (κ1) is 19.6. The first-order chi connectivity index (χ1) is 13.4. The monoisotopic (exact) mass is 383 g/mol. The van der Waals surface area contributed by atoms with Gasteiger partial charge in [0.1, 0.15) is 17.1 Å². The van der Waals surface area contributed by atoms with Crippen molar-refractivity contribution in [2.75, 3.05) is 14.2 Å². The summed E-state index contributed by atoms with van der Waals surface area (Å²) in [6.45, 7) is 2.23. The number of nitrogens with zero attached hydrogens (tertiary/aromatic N) is 1. The average Bonchev–Trinajstić information content (AvgIpc) is 2.68. The highest BCUT2D eigenvalue weighted by atomic mass is 19.1. The van der Waals surface area contributed by atoms with Crippen molar-refractivity contribution in [1.82, 2.24) is 4.90 Å². The van der Waals surface area contributed by atoms with Gasteiger partial charge in [-0.2, -0.15) is 0 Å². The van der Waals surface area contributed by atoms with E-state index in [-0.39, 0.29) is 18.1 Å². The van der Waals surface area contributed by atoms with E-state index in [4.69, 9.17) is 9.15 Å². The summed E-state index contributed by atoms with van der Waals surface area (Å²) in [7, 11) is 3.24. The van der Waals surface area contributed by atoms with Gasteiger partial charge in [-0.05, 0) is 48.7 Å². The van der Waals surface area contributed by atoms with Crippen LogP contribution in [-0.4, -0.2) is 25.0 Å². The Hall–Kier alpha value is -3.15. The Balaban J connectivity index is 1.72. The van der Waals surface area contributed by atoms with E-state index >= 15 is 0 Å². The second-order valence-corrected chi connectivity index (χ2v) is 6.73. The van der Waals surface area contributed by atoms with E-state index < -0.39 is 5.63 Å². The van der Waals surface area contributed by atoms with Crippen LogP contribution in [0.25, 0.3) is 11.0 Å². The Morgan fingerprint density at radius 3 is 2.57 bits per heavy atom. The van der Waals surface area contributed by atoms with Gasteiger partial charge in [0.25, 0.3) is 0 Å². The number of fused-ring (bicyclic) bond motifs is 1. The van der Waals surface area contributed by atoms with Crippen LogP contribution in [0.3, 0.4) is 0 Å². The van der Waals surface area contributed by atoms with Crippen LogP contribution in [-0.2, 0) is 17.8 Å². The van der Waals surface area contributed by atoms with E-state index in [0.717, 1.165) is 16.5 Å². The van der Waals surface area contributed by atoms with Gasteiger partial charge < -0.3 is 14.1 Å². The van der Waals surface area contributed by atoms with E-state index in [1.165, 1.54) is 12.1 Å². The van der Waals surface area contributed by atoms with Gasteiger partial charge >= 0.3 is 5.63 Å². The Labute approximate surface area is 162 Å². The number of benzene rings is 2. The van der Waals surface area contributed by atoms with Crippen LogP contribution >= 0.6 is 0 Å². The van der Waals surface area contributed by atoms with E-state index in [2.05, 4.69) is 0 Å². The standard InChI is InChI=1S/C22H22FNO4/c1-14-18-9-8-17(27-3)12-20(18)28-22(26)19(14)10-11-21(25)24(2)13-15-4-6-16(23)7-5-15/h4-9,12H,10-11,13H2,1-3H3. The fraction of sp³-hybridized carbons (Fsp3) is 0.273. The predicted octanol–water partition coefficient (Wildman–Crippen LogP) is 3.84. The predicted molar refractivity (Wildman–Crippen MR) is 105 cm³/mol. The summed E-state index contributed by atoms with van der Waals surface area (Å²) in [5, 5.41) is 0.822. The Morgan fingerprint density at radius 1 is 1.18 bits per heavy atom. The van der Waals surface area contributed by atoms with Crippen LogP contribution in [0.2, 0.25) is 0 Å². The number of methoxy groups -OCH3 is 1. The topological polar surface area (TPSA) is 59.8 Å². The van der Waals surface area contributed by atoms with Gasteiger partial charge in [0.2, 0.25) is 5.91 Å². The SMILES string of the molecule is COc1ccc2c(C)c(CCC(=O)N(C)Cc3ccc(F)cc3)c(=O)oc2c1. The normalized spacial score (nSPS) is 10.9. The maximum atomic E-state index is 13.0. The van der Waals surface area contributed by atoms with Crippen LogP contribution in [0.15, 0.2) is 51.7 Å². The molecule has 0 radical (unpaired) electrons. The van der Waals surface area contributed by atoms with Gasteiger partial charge in [-0.1, -0.05) is 12.1 Å². The molecule has 0 saturated carbocycles. The zero-order valence-corrected chi connectivity index (χ0v) is 16.1. The lowest BCUT2D eigenvalue weighted by molar-refractivity contribution is -0.130. The third kappa shape index (κ3) is 4.22. The lowest BCUT2D eigenvalue weighted by Gasteiger charge is -2.17. The van der Waals surface area contributed by atoms with Gasteiger partial charge in [0.15, 0.2) is 0 Å². The summed E-state index contributed by atoms with van der Waals surface area (Å²) in [6, 6.07) is 11.4. The van der Waals surface area contributed by atoms with Crippen molar-refractivity contribution in [3.8, 4) is 5.75 Å². The third-order valence-corrected chi connectivity index (χ3v) is 4.84. The minimum Gasteiger partial charge on any atom is -0.497 e. The summed E-state index contributed by atoms with van der Waals surface area (Å²) in [5.41, 5.74) is 2.18. The summed E-state index contributed by atoms with van der Waals surface area (Å²) in [5.74, 6) is 0.201. The maximum Gasteiger partial charge on any atom is 0.339 e. The summed E-state index contributed by atoms with van der Waals surface area (Å²) in [6.07, 6.45) is 0.480. The quantitative estimate of drug-likeness (QED) is 0.607. The van der Waals surface area contributed by atoms with Gasteiger partial charge in [0.05, 0.1) is 7.11 Å². The fourth-order valence-electron chi connectivity index (χ4n) is 3.17. The molecule has 0 unspecified atom stereocenters. The molecule has 1 amide bonds. The van der Waals surface area contributed by atoms with Crippen molar-refractivity contribution < 1.29 is 18.3 Å². The molecule has 6 heteroatoms. The highest BCUT2D eigenvalue weighted by molar-refractivity contribution is 5.82. The van der Waals surface area contributed by atoms with Crippen molar-refractivity contribution >= 4 is 16.9 Å². The molecule has 3 aromatic rings. The molecule has 146 valence electrons. The summed E-state index contributed by atoms with van der Waals surface area (Å²) >= 11 is 0. The van der Waals surface area contributed by atoms with Crippen molar-refractivity contribution in [3.63, 3.8) is 0 Å². The Morgan fingerprint density at radius 2 is 1.89 bits per heavy atom. The van der Waals surface area contributed by atoms with Crippen LogP contribution in [0.5, 0.6) is 5.75 Å². The lowest BCUT2D eigenvalue weighted by atomic mass is 10.0. The number of hydrogen-bond acceptors (Lipinski definition) is 4. The molecule has 0 spiro atoms. The lowest BCUT2D eigenvalue weighted by Crippen LogP contribution is -2.27. The minimum absolute atomic E-state index is 0.0991. The van der Waals surface area contributed by atoms with E-state index in [0.29, 0.717) is 29.9 Å². The third-order valence-electron chi connectivity index (χ3n) is 4.84. The van der Waals surface area contributed by atoms with Crippen LogP contribution in [0.1, 0.15) is 23.1 Å². The van der Waals surface area contributed by atoms with Crippen molar-refractivity contribution in [2.24, 2.45) is 0 Å². The zero-order chi connectivity index (χ0) is 20.3. The number of halogens is 1. The molecule has 0 bridgehead atoms. The second-order valence-electron chi connectivity index (χ2n) is 6.73. The van der Waals surface area contributed by atoms with E-state index in [1.54, 1.807) is 43.3 Å². The molecule has 0 fully saturated rings. The average molecular weight is 383 g/mol. The highest BCUT2D eigenvalue weighted by Gasteiger charge is 2.15. The van der Waals surface area contributed by atoms with Crippen LogP contribution < -0.4 is 10.4 Å². The first-order valence-electron chi connectivity index (χ1n) is 8.97. The van der Waals surface area contributed by atoms with Crippen LogP contribution in [0.4, 0.5) is 4.39 Å². The molecule has 5 nitrogen and oxygen atoms in total. The maximum absolute atomic E-state index is 13.0. The molecule has 1 heterocycles. The summed E-state index contributed by atoms with van der Waals surface area (Å²) in [4.78, 5) is 26.4. The number of hydrogen-bond donors (Lipinski definition) is 0. The Bertz CT molecular complexity index is 1060. The highest BCUT2D eigenvalue weighted by Crippen LogP contribution is 2.24.